The monoisotopic (exact) mass is 461 g/mol. The maximum Gasteiger partial charge on any atom is 0.260 e. The number of halogens is 1. The molecular weight excluding hydrogens is 438 g/mol. The van der Waals surface area contributed by atoms with Crippen LogP contribution in [0.2, 0.25) is 0 Å². The molecule has 1 heterocycles. The van der Waals surface area contributed by atoms with E-state index in [1.807, 2.05) is 43.3 Å². The van der Waals surface area contributed by atoms with Crippen LogP contribution in [0.1, 0.15) is 12.5 Å². The number of carbonyl (C=O) groups is 1. The van der Waals surface area contributed by atoms with Crippen molar-refractivity contribution in [2.45, 2.75) is 6.92 Å². The number of benzene rings is 2. The summed E-state index contributed by atoms with van der Waals surface area (Å²) in [6.07, 6.45) is 1.70. The van der Waals surface area contributed by atoms with Gasteiger partial charge in [-0.3, -0.25) is 10.2 Å². The van der Waals surface area contributed by atoms with Crippen LogP contribution in [-0.4, -0.2) is 56.5 Å². The van der Waals surface area contributed by atoms with Crippen LogP contribution < -0.4 is 14.9 Å². The third-order valence-corrected chi connectivity index (χ3v) is 4.76. The van der Waals surface area contributed by atoms with Gasteiger partial charge in [-0.2, -0.15) is 5.10 Å². The normalized spacial score (nSPS) is 14.1. The highest BCUT2D eigenvalue weighted by molar-refractivity contribution is 9.10. The Bertz CT molecular complexity index is 836. The summed E-state index contributed by atoms with van der Waals surface area (Å²) in [6, 6.07) is 13.2. The minimum atomic E-state index is -0.0555. The van der Waals surface area contributed by atoms with Gasteiger partial charge in [0.2, 0.25) is 0 Å². The second-order valence-electron chi connectivity index (χ2n) is 6.30. The molecule has 154 valence electrons. The van der Waals surface area contributed by atoms with Gasteiger partial charge >= 0.3 is 0 Å². The summed E-state index contributed by atoms with van der Waals surface area (Å²) in [7, 11) is 0. The van der Waals surface area contributed by atoms with Gasteiger partial charge in [-0.1, -0.05) is 15.9 Å². The van der Waals surface area contributed by atoms with Crippen molar-refractivity contribution in [1.82, 2.24) is 4.90 Å². The predicted octanol–water partition coefficient (Wildman–Crippen LogP) is 3.53. The van der Waals surface area contributed by atoms with Crippen LogP contribution in [0.25, 0.3) is 0 Å². The fraction of sp³-hybridized carbons (Fsp3) is 0.333. The first-order chi connectivity index (χ1) is 14.2. The summed E-state index contributed by atoms with van der Waals surface area (Å²) < 4.78 is 17.7. The Balaban J connectivity index is 1.60. The number of amides is 1. The summed E-state index contributed by atoms with van der Waals surface area (Å²) in [5.74, 6) is 1.06. The van der Waals surface area contributed by atoms with E-state index in [4.69, 9.17) is 14.2 Å². The molecule has 1 aliphatic rings. The topological polar surface area (TPSA) is 72.4 Å². The highest BCUT2D eigenvalue weighted by Gasteiger charge is 2.18. The largest absolute Gasteiger partial charge is 0.490 e. The molecule has 0 radical (unpaired) electrons. The van der Waals surface area contributed by atoms with Crippen molar-refractivity contribution in [2.75, 3.05) is 44.9 Å². The van der Waals surface area contributed by atoms with Gasteiger partial charge in [0.05, 0.1) is 31.7 Å². The van der Waals surface area contributed by atoms with Crippen molar-refractivity contribution >= 4 is 33.7 Å². The van der Waals surface area contributed by atoms with Crippen molar-refractivity contribution in [3.63, 3.8) is 0 Å². The number of morpholine rings is 1. The first kappa shape index (κ1) is 21.1. The standard InChI is InChI=1S/C21H24BrN3O4/c1-2-28-20-13-16(14-23-24-18-6-4-17(22)5-7-18)3-8-19(20)29-15-21(26)25-9-11-27-12-10-25/h3-8,13-14,24H,2,9-12,15H2,1H3/b23-14+. The number of hydrazone groups is 1. The first-order valence-corrected chi connectivity index (χ1v) is 10.2. The number of carbonyl (C=O) groups excluding carboxylic acids is 1. The lowest BCUT2D eigenvalue weighted by Crippen LogP contribution is -2.43. The Kier molecular flexibility index (Phi) is 7.89. The number of hydrogen-bond donors (Lipinski definition) is 1. The zero-order valence-electron chi connectivity index (χ0n) is 16.3. The van der Waals surface area contributed by atoms with Gasteiger partial charge in [-0.25, -0.2) is 0 Å². The lowest BCUT2D eigenvalue weighted by Gasteiger charge is -2.26. The van der Waals surface area contributed by atoms with E-state index in [1.165, 1.54) is 0 Å². The molecule has 0 atom stereocenters. The average molecular weight is 462 g/mol. The molecular formula is C21H24BrN3O4. The summed E-state index contributed by atoms with van der Waals surface area (Å²) >= 11 is 3.40. The third-order valence-electron chi connectivity index (χ3n) is 4.23. The zero-order chi connectivity index (χ0) is 20.5. The third kappa shape index (κ3) is 6.47. The zero-order valence-corrected chi connectivity index (χ0v) is 17.9. The molecule has 3 rings (SSSR count). The average Bonchev–Trinajstić information content (AvgIpc) is 2.75. The number of hydrogen-bond acceptors (Lipinski definition) is 6. The van der Waals surface area contributed by atoms with E-state index in [-0.39, 0.29) is 12.5 Å². The number of anilines is 1. The van der Waals surface area contributed by atoms with Gasteiger partial charge in [-0.15, -0.1) is 0 Å². The van der Waals surface area contributed by atoms with Gasteiger partial charge in [0.1, 0.15) is 0 Å². The molecule has 0 aliphatic carbocycles. The number of nitrogens with one attached hydrogen (secondary N) is 1. The molecule has 1 N–H and O–H groups in total. The second-order valence-corrected chi connectivity index (χ2v) is 7.21. The van der Waals surface area contributed by atoms with E-state index in [2.05, 4.69) is 26.5 Å². The Morgan fingerprint density at radius 3 is 2.66 bits per heavy atom. The molecule has 2 aromatic carbocycles. The van der Waals surface area contributed by atoms with E-state index >= 15 is 0 Å². The molecule has 0 bridgehead atoms. The van der Waals surface area contributed by atoms with Crippen molar-refractivity contribution in [1.29, 1.82) is 0 Å². The molecule has 8 heteroatoms. The quantitative estimate of drug-likeness (QED) is 0.480. The highest BCUT2D eigenvalue weighted by Crippen LogP contribution is 2.28. The molecule has 0 saturated carbocycles. The summed E-state index contributed by atoms with van der Waals surface area (Å²) in [6.45, 7) is 4.70. The first-order valence-electron chi connectivity index (χ1n) is 9.45. The van der Waals surface area contributed by atoms with Crippen LogP contribution in [-0.2, 0) is 9.53 Å². The van der Waals surface area contributed by atoms with Crippen LogP contribution in [0.3, 0.4) is 0 Å². The number of nitrogens with zero attached hydrogens (tertiary/aromatic N) is 2. The van der Waals surface area contributed by atoms with Crippen molar-refractivity contribution in [2.24, 2.45) is 5.10 Å². The maximum absolute atomic E-state index is 12.3. The molecule has 7 nitrogen and oxygen atoms in total. The minimum absolute atomic E-state index is 0.0291. The Labute approximate surface area is 178 Å². The van der Waals surface area contributed by atoms with Gasteiger partial charge < -0.3 is 19.1 Å². The van der Waals surface area contributed by atoms with E-state index < -0.39 is 0 Å². The lowest BCUT2D eigenvalue weighted by atomic mass is 10.2. The van der Waals surface area contributed by atoms with Gasteiger partial charge in [0.15, 0.2) is 18.1 Å². The molecule has 0 spiro atoms. The van der Waals surface area contributed by atoms with E-state index in [9.17, 15) is 4.79 Å². The van der Waals surface area contributed by atoms with E-state index in [1.54, 1.807) is 17.2 Å². The summed E-state index contributed by atoms with van der Waals surface area (Å²) in [5, 5.41) is 4.25. The van der Waals surface area contributed by atoms with Gasteiger partial charge in [0, 0.05) is 17.6 Å². The molecule has 1 aliphatic heterocycles. The predicted molar refractivity (Wildman–Crippen MR) is 116 cm³/mol. The Hall–Kier alpha value is -2.58. The van der Waals surface area contributed by atoms with Crippen molar-refractivity contribution < 1.29 is 19.0 Å². The number of ether oxygens (including phenoxy) is 3. The van der Waals surface area contributed by atoms with Crippen molar-refractivity contribution in [3.8, 4) is 11.5 Å². The molecule has 1 saturated heterocycles. The van der Waals surface area contributed by atoms with Crippen LogP contribution >= 0.6 is 15.9 Å². The van der Waals surface area contributed by atoms with Gasteiger partial charge in [0.25, 0.3) is 5.91 Å². The van der Waals surface area contributed by atoms with E-state index in [0.717, 1.165) is 15.7 Å². The fourth-order valence-corrected chi connectivity index (χ4v) is 3.01. The van der Waals surface area contributed by atoms with Crippen LogP contribution in [0.5, 0.6) is 11.5 Å². The lowest BCUT2D eigenvalue weighted by molar-refractivity contribution is -0.137. The molecule has 29 heavy (non-hydrogen) atoms. The summed E-state index contributed by atoms with van der Waals surface area (Å²) in [5.41, 5.74) is 4.72. The van der Waals surface area contributed by atoms with E-state index in [0.29, 0.717) is 44.4 Å². The molecule has 1 fully saturated rings. The molecule has 0 aromatic heterocycles. The molecule has 0 unspecified atom stereocenters. The van der Waals surface area contributed by atoms with Crippen LogP contribution in [0.4, 0.5) is 5.69 Å². The fourth-order valence-electron chi connectivity index (χ4n) is 2.74. The second kappa shape index (κ2) is 10.8. The Morgan fingerprint density at radius 1 is 1.17 bits per heavy atom. The molecule has 2 aromatic rings. The highest BCUT2D eigenvalue weighted by atomic mass is 79.9. The van der Waals surface area contributed by atoms with Crippen molar-refractivity contribution in [3.05, 3.63) is 52.5 Å². The van der Waals surface area contributed by atoms with Crippen LogP contribution in [0, 0.1) is 0 Å². The summed E-state index contributed by atoms with van der Waals surface area (Å²) in [4.78, 5) is 14.0. The maximum atomic E-state index is 12.3. The SMILES string of the molecule is CCOc1cc(/C=N/Nc2ccc(Br)cc2)ccc1OCC(=O)N1CCOCC1. The number of rotatable bonds is 8. The minimum Gasteiger partial charge on any atom is -0.490 e. The van der Waals surface area contributed by atoms with Crippen LogP contribution in [0.15, 0.2) is 52.0 Å². The van der Waals surface area contributed by atoms with Gasteiger partial charge in [-0.05, 0) is 55.0 Å². The Morgan fingerprint density at radius 2 is 1.93 bits per heavy atom. The molecule has 1 amide bonds. The smallest absolute Gasteiger partial charge is 0.260 e.